The molecule has 0 aliphatic carbocycles. The van der Waals surface area contributed by atoms with Gasteiger partial charge in [-0.2, -0.15) is 0 Å². The number of imidazole rings is 4. The van der Waals surface area contributed by atoms with Crippen molar-refractivity contribution in [1.82, 2.24) is 58.1 Å². The predicted molar refractivity (Wildman–Crippen MR) is 339 cm³/mol. The normalized spacial score (nSPS) is 12.8. The van der Waals surface area contributed by atoms with Crippen LogP contribution in [0.2, 0.25) is 0 Å². The molecule has 2 aliphatic heterocycles. The van der Waals surface area contributed by atoms with Gasteiger partial charge in [-0.25, -0.2) is 0 Å². The summed E-state index contributed by atoms with van der Waals surface area (Å²) in [7, 11) is 0. The number of hydrogen-bond donors (Lipinski definition) is 0. The van der Waals surface area contributed by atoms with Crippen molar-refractivity contribution < 1.29 is 0 Å². The van der Waals surface area contributed by atoms with Crippen molar-refractivity contribution in [2.45, 2.75) is 0 Å². The second-order valence-corrected chi connectivity index (χ2v) is 29.3. The molecular weight excluding hydrogens is 1110 g/mol. The SMILES string of the molecule is c1ccc(-n2c(-c3ccc4[c](c3)[Ge]3([c]5cc(-c6nc7cccnc7n6-c6ccccc6)ccc5-4)[c]4cc(-c5nc6cccnc6n5-c5ccccc5)ccc4-c4ccc(-c5nc6cccnc6n5-c5ccccc5)c[c]43)nc3cccnc32)cc1. The molecule has 8 aromatic carbocycles. The number of para-hydroxylation sites is 4. The van der Waals surface area contributed by atoms with Crippen LogP contribution in [-0.4, -0.2) is 71.4 Å². The first-order chi connectivity index (χ1) is 42.2. The summed E-state index contributed by atoms with van der Waals surface area (Å²) in [4.78, 5) is 41.6. The molecule has 1 spiro atoms. The zero-order valence-electron chi connectivity index (χ0n) is 45.3. The summed E-state index contributed by atoms with van der Waals surface area (Å²) in [5.74, 6) is 3.26. The number of hydrogen-bond acceptors (Lipinski definition) is 8. The second kappa shape index (κ2) is 18.4. The van der Waals surface area contributed by atoms with E-state index in [9.17, 15) is 0 Å². The molecule has 0 bridgehead atoms. The molecule has 18 rings (SSSR count). The van der Waals surface area contributed by atoms with Gasteiger partial charge in [0.25, 0.3) is 0 Å². The van der Waals surface area contributed by atoms with E-state index >= 15 is 0 Å². The summed E-state index contributed by atoms with van der Waals surface area (Å²) in [5.41, 5.74) is 19.1. The van der Waals surface area contributed by atoms with E-state index in [0.717, 1.165) is 113 Å². The molecule has 85 heavy (non-hydrogen) atoms. The molecule has 10 heterocycles. The van der Waals surface area contributed by atoms with Crippen LogP contribution in [0.3, 0.4) is 0 Å². The van der Waals surface area contributed by atoms with E-state index in [2.05, 4.69) is 212 Å². The van der Waals surface area contributed by atoms with Crippen LogP contribution >= 0.6 is 0 Å². The Morgan fingerprint density at radius 2 is 0.471 bits per heavy atom. The van der Waals surface area contributed by atoms with Gasteiger partial charge in [-0.15, -0.1) is 0 Å². The molecule has 0 amide bonds. The van der Waals surface area contributed by atoms with Gasteiger partial charge < -0.3 is 0 Å². The molecule has 8 aromatic heterocycles. The minimum atomic E-state index is -4.47. The fourth-order valence-electron chi connectivity index (χ4n) is 13.5. The Kier molecular flexibility index (Phi) is 10.3. The van der Waals surface area contributed by atoms with Crippen LogP contribution < -0.4 is 17.6 Å². The molecule has 2 aliphatic rings. The molecule has 0 atom stereocenters. The number of fused-ring (bicyclic) bond motifs is 14. The van der Waals surface area contributed by atoms with Crippen LogP contribution in [0.5, 0.6) is 0 Å². The molecule has 0 unspecified atom stereocenters. The predicted octanol–water partition coefficient (Wildman–Crippen LogP) is 12.6. The van der Waals surface area contributed by atoms with Crippen LogP contribution in [0.4, 0.5) is 0 Å². The van der Waals surface area contributed by atoms with Gasteiger partial charge >= 0.3 is 492 Å². The van der Waals surface area contributed by atoms with E-state index in [0.29, 0.717) is 0 Å². The summed E-state index contributed by atoms with van der Waals surface area (Å²) in [5, 5.41) is 0. The van der Waals surface area contributed by atoms with Crippen molar-refractivity contribution in [3.63, 3.8) is 0 Å². The monoisotopic (exact) mass is 1150 g/mol. The number of rotatable bonds is 8. The van der Waals surface area contributed by atoms with E-state index in [1.54, 1.807) is 0 Å². The molecule has 12 nitrogen and oxygen atoms in total. The molecule has 0 saturated carbocycles. The third-order valence-corrected chi connectivity index (χ3v) is 27.3. The Morgan fingerprint density at radius 1 is 0.235 bits per heavy atom. The number of nitrogens with zero attached hydrogens (tertiary/aromatic N) is 12. The van der Waals surface area contributed by atoms with Gasteiger partial charge in [0.15, 0.2) is 0 Å². The van der Waals surface area contributed by atoms with Crippen molar-refractivity contribution in [2.24, 2.45) is 0 Å². The molecule has 0 saturated heterocycles. The van der Waals surface area contributed by atoms with Gasteiger partial charge in [-0.05, 0) is 0 Å². The van der Waals surface area contributed by atoms with Gasteiger partial charge in [0.1, 0.15) is 0 Å². The average molecular weight is 1150 g/mol. The van der Waals surface area contributed by atoms with Crippen LogP contribution in [0.15, 0.2) is 267 Å². The standard InChI is InChI=1S/C72H44GeN12/c1-5-17-49(18-6-1)82-65(78-61-25-13-37-74-69(61)82)45-29-33-53-54-34-30-46(66-79-62-26-14-38-75-70(62)83(66)50-19-7-2-8-20-50)42-58(54)73(57(53)41-45)59-43-47(67-80-63-27-15-39-76-71(63)84(67)51-21-9-3-10-22-51)31-35-55(59)56-36-32-48(44-60(56)73)68-81-64-28-16-40-77-72(64)85(68)52-23-11-4-12-24-52/h1-44H. The molecule has 0 radical (unpaired) electrons. The number of pyridine rings is 4. The molecule has 16 aromatic rings. The molecule has 0 N–H and O–H groups in total. The molecule has 0 fully saturated rings. The minimum absolute atomic E-state index is 0.793. The third kappa shape index (κ3) is 6.97. The van der Waals surface area contributed by atoms with Crippen molar-refractivity contribution in [1.29, 1.82) is 0 Å². The van der Waals surface area contributed by atoms with Gasteiger partial charge in [0.05, 0.1) is 0 Å². The van der Waals surface area contributed by atoms with Crippen molar-refractivity contribution in [3.8, 4) is 90.6 Å². The van der Waals surface area contributed by atoms with Crippen LogP contribution in [0.1, 0.15) is 0 Å². The zero-order chi connectivity index (χ0) is 55.7. The van der Waals surface area contributed by atoms with Crippen LogP contribution in [0, 0.1) is 0 Å². The van der Waals surface area contributed by atoms with Crippen molar-refractivity contribution >= 4 is 75.5 Å². The summed E-state index contributed by atoms with van der Waals surface area (Å²) in [6.07, 6.45) is 7.40. The molecular formula is C72H44GeN12. The van der Waals surface area contributed by atoms with E-state index in [1.165, 1.54) is 39.8 Å². The fourth-order valence-corrected chi connectivity index (χ4v) is 25.5. The van der Waals surface area contributed by atoms with Crippen molar-refractivity contribution in [3.05, 3.63) is 267 Å². The quantitative estimate of drug-likeness (QED) is 0.138. The van der Waals surface area contributed by atoms with Crippen LogP contribution in [-0.2, 0) is 0 Å². The van der Waals surface area contributed by atoms with Gasteiger partial charge in [-0.3, -0.25) is 0 Å². The Hall–Kier alpha value is -11.2. The Morgan fingerprint density at radius 3 is 0.706 bits per heavy atom. The maximum absolute atomic E-state index is 5.45. The number of aromatic nitrogens is 12. The van der Waals surface area contributed by atoms with Crippen molar-refractivity contribution in [2.75, 3.05) is 0 Å². The van der Waals surface area contributed by atoms with E-state index in [1.807, 2.05) is 73.3 Å². The van der Waals surface area contributed by atoms with Gasteiger partial charge in [-0.1, -0.05) is 0 Å². The fraction of sp³-hybridized carbons (Fsp3) is 0. The van der Waals surface area contributed by atoms with E-state index in [-0.39, 0.29) is 0 Å². The summed E-state index contributed by atoms with van der Waals surface area (Å²) >= 11 is -4.47. The summed E-state index contributed by atoms with van der Waals surface area (Å²) < 4.78 is 14.0. The van der Waals surface area contributed by atoms with E-state index in [4.69, 9.17) is 39.9 Å². The first-order valence-electron chi connectivity index (χ1n) is 28.3. The molecule has 13 heteroatoms. The van der Waals surface area contributed by atoms with Gasteiger partial charge in [0, 0.05) is 0 Å². The maximum atomic E-state index is 5.45. The summed E-state index contributed by atoms with van der Waals surface area (Å²) in [6, 6.07) is 86.2. The average Bonchev–Trinajstić information content (AvgIpc) is 1.53. The van der Waals surface area contributed by atoms with E-state index < -0.39 is 13.3 Å². The zero-order valence-corrected chi connectivity index (χ0v) is 47.4. The van der Waals surface area contributed by atoms with Gasteiger partial charge in [0.2, 0.25) is 0 Å². The Labute approximate surface area is 488 Å². The van der Waals surface area contributed by atoms with Crippen LogP contribution in [0.25, 0.3) is 135 Å². The molecule has 396 valence electrons. The Bertz CT molecular complexity index is 4710. The summed E-state index contributed by atoms with van der Waals surface area (Å²) in [6.45, 7) is 0. The third-order valence-electron chi connectivity index (χ3n) is 17.0. The Balaban J connectivity index is 0.968. The first-order valence-corrected chi connectivity index (χ1v) is 32.5. The second-order valence-electron chi connectivity index (χ2n) is 21.6. The number of benzene rings is 8. The first kappa shape index (κ1) is 47.4. The topological polar surface area (TPSA) is 123 Å².